The third-order valence-corrected chi connectivity index (χ3v) is 3.33. The molecule has 17 heavy (non-hydrogen) atoms. The number of aryl methyl sites for hydroxylation is 2. The van der Waals surface area contributed by atoms with Crippen LogP contribution in [0.3, 0.4) is 0 Å². The van der Waals surface area contributed by atoms with Crippen LogP contribution >= 0.6 is 0 Å². The Bertz CT molecular complexity index is 389. The first-order chi connectivity index (χ1) is 8.20. The fourth-order valence-corrected chi connectivity index (χ4v) is 2.33. The molecule has 0 bridgehead atoms. The molecule has 0 radical (unpaired) electrons. The van der Waals surface area contributed by atoms with Crippen molar-refractivity contribution in [3.8, 4) is 0 Å². The summed E-state index contributed by atoms with van der Waals surface area (Å²) in [6, 6.07) is 0. The molecule has 0 aromatic carbocycles. The number of hydrogen-bond donors (Lipinski definition) is 0. The van der Waals surface area contributed by atoms with E-state index in [0.29, 0.717) is 5.56 Å². The summed E-state index contributed by atoms with van der Waals surface area (Å²) in [6.07, 6.45) is 6.19. The second-order valence-corrected chi connectivity index (χ2v) is 4.63. The van der Waals surface area contributed by atoms with E-state index in [1.54, 1.807) is 0 Å². The van der Waals surface area contributed by atoms with Gasteiger partial charge in [0.1, 0.15) is 6.33 Å². The first-order valence-electron chi connectivity index (χ1n) is 6.27. The number of likely N-dealkylation sites (tertiary alicyclic amines) is 1. The van der Waals surface area contributed by atoms with Gasteiger partial charge in [0.2, 0.25) is 0 Å². The van der Waals surface area contributed by atoms with E-state index >= 15 is 0 Å². The lowest BCUT2D eigenvalue weighted by Gasteiger charge is -2.21. The Kier molecular flexibility index (Phi) is 3.71. The van der Waals surface area contributed by atoms with Crippen LogP contribution in [0.1, 0.15) is 47.4 Å². The second-order valence-electron chi connectivity index (χ2n) is 4.63. The maximum atomic E-state index is 12.4. The highest BCUT2D eigenvalue weighted by Crippen LogP contribution is 2.16. The van der Waals surface area contributed by atoms with E-state index in [-0.39, 0.29) is 5.91 Å². The largest absolute Gasteiger partial charge is 0.339 e. The summed E-state index contributed by atoms with van der Waals surface area (Å²) in [6.45, 7) is 5.48. The van der Waals surface area contributed by atoms with Crippen molar-refractivity contribution < 1.29 is 4.79 Å². The molecular formula is C13H19N3O. The average molecular weight is 233 g/mol. The van der Waals surface area contributed by atoms with Crippen molar-refractivity contribution in [3.05, 3.63) is 23.3 Å². The zero-order valence-corrected chi connectivity index (χ0v) is 10.6. The minimum absolute atomic E-state index is 0.0995. The molecule has 2 heterocycles. The van der Waals surface area contributed by atoms with E-state index in [2.05, 4.69) is 9.97 Å². The summed E-state index contributed by atoms with van der Waals surface area (Å²) in [5.74, 6) is 0.0995. The van der Waals surface area contributed by atoms with Crippen LogP contribution in [0.25, 0.3) is 0 Å². The molecule has 4 nitrogen and oxygen atoms in total. The molecule has 92 valence electrons. The first kappa shape index (κ1) is 12.0. The highest BCUT2D eigenvalue weighted by Gasteiger charge is 2.21. The summed E-state index contributed by atoms with van der Waals surface area (Å²) in [4.78, 5) is 22.6. The molecule has 0 spiro atoms. The Hall–Kier alpha value is -1.45. The molecule has 0 saturated carbocycles. The molecule has 1 amide bonds. The predicted molar refractivity (Wildman–Crippen MR) is 65.9 cm³/mol. The molecule has 1 aliphatic rings. The molecule has 0 N–H and O–H groups in total. The second kappa shape index (κ2) is 5.25. The van der Waals surface area contributed by atoms with Crippen LogP contribution in [0.2, 0.25) is 0 Å². The lowest BCUT2D eigenvalue weighted by molar-refractivity contribution is 0.0759. The van der Waals surface area contributed by atoms with Gasteiger partial charge in [0.25, 0.3) is 5.91 Å². The molecule has 2 rings (SSSR count). The van der Waals surface area contributed by atoms with Crippen molar-refractivity contribution in [2.45, 2.75) is 39.5 Å². The fourth-order valence-electron chi connectivity index (χ4n) is 2.33. The van der Waals surface area contributed by atoms with E-state index in [1.165, 1.54) is 19.2 Å². The van der Waals surface area contributed by atoms with E-state index in [0.717, 1.165) is 37.3 Å². The predicted octanol–water partition coefficient (Wildman–Crippen LogP) is 2.11. The van der Waals surface area contributed by atoms with Gasteiger partial charge in [-0.05, 0) is 26.7 Å². The lowest BCUT2D eigenvalue weighted by Crippen LogP contribution is -2.33. The molecule has 1 fully saturated rings. The van der Waals surface area contributed by atoms with Crippen molar-refractivity contribution in [1.29, 1.82) is 0 Å². The van der Waals surface area contributed by atoms with Crippen LogP contribution in [0, 0.1) is 13.8 Å². The maximum Gasteiger partial charge on any atom is 0.257 e. The molecular weight excluding hydrogens is 214 g/mol. The Morgan fingerprint density at radius 2 is 1.59 bits per heavy atom. The summed E-state index contributed by atoms with van der Waals surface area (Å²) >= 11 is 0. The van der Waals surface area contributed by atoms with Crippen molar-refractivity contribution in [3.63, 3.8) is 0 Å². The summed E-state index contributed by atoms with van der Waals surface area (Å²) in [5.41, 5.74) is 2.26. The smallest absolute Gasteiger partial charge is 0.257 e. The van der Waals surface area contributed by atoms with E-state index in [9.17, 15) is 4.79 Å². The molecule has 1 aromatic rings. The van der Waals surface area contributed by atoms with Gasteiger partial charge >= 0.3 is 0 Å². The van der Waals surface area contributed by atoms with E-state index in [4.69, 9.17) is 0 Å². The molecule has 1 aromatic heterocycles. The normalized spacial score (nSPS) is 16.7. The van der Waals surface area contributed by atoms with Crippen molar-refractivity contribution in [1.82, 2.24) is 14.9 Å². The molecule has 1 aliphatic heterocycles. The Morgan fingerprint density at radius 3 is 2.12 bits per heavy atom. The van der Waals surface area contributed by atoms with Crippen LogP contribution < -0.4 is 0 Å². The van der Waals surface area contributed by atoms with Crippen LogP contribution in [0.5, 0.6) is 0 Å². The zero-order valence-electron chi connectivity index (χ0n) is 10.6. The highest BCUT2D eigenvalue weighted by molar-refractivity contribution is 5.96. The van der Waals surface area contributed by atoms with Gasteiger partial charge in [-0.1, -0.05) is 12.8 Å². The van der Waals surface area contributed by atoms with Gasteiger partial charge in [-0.2, -0.15) is 0 Å². The number of carbonyl (C=O) groups excluding carboxylic acids is 1. The van der Waals surface area contributed by atoms with Gasteiger partial charge in [0.15, 0.2) is 0 Å². The average Bonchev–Trinajstić information content (AvgIpc) is 2.57. The number of aromatic nitrogens is 2. The first-order valence-corrected chi connectivity index (χ1v) is 6.27. The Balaban J connectivity index is 2.23. The van der Waals surface area contributed by atoms with Gasteiger partial charge in [-0.3, -0.25) is 4.79 Å². The fraction of sp³-hybridized carbons (Fsp3) is 0.615. The third-order valence-electron chi connectivity index (χ3n) is 3.33. The minimum Gasteiger partial charge on any atom is -0.339 e. The third kappa shape index (κ3) is 2.62. The van der Waals surface area contributed by atoms with Gasteiger partial charge < -0.3 is 4.90 Å². The lowest BCUT2D eigenvalue weighted by atomic mass is 10.1. The monoisotopic (exact) mass is 233 g/mol. The molecule has 4 heteroatoms. The number of rotatable bonds is 1. The van der Waals surface area contributed by atoms with Crippen LogP contribution in [-0.4, -0.2) is 33.9 Å². The van der Waals surface area contributed by atoms with E-state index in [1.807, 2.05) is 18.7 Å². The standard InChI is InChI=1S/C13H19N3O/c1-10-12(11(2)15-9-14-10)13(17)16-7-5-3-4-6-8-16/h9H,3-8H2,1-2H3. The number of amides is 1. The maximum absolute atomic E-state index is 12.4. The SMILES string of the molecule is Cc1ncnc(C)c1C(=O)N1CCCCCC1. The molecule has 1 saturated heterocycles. The molecule has 0 aliphatic carbocycles. The number of carbonyl (C=O) groups is 1. The molecule has 0 unspecified atom stereocenters. The Labute approximate surface area is 102 Å². The van der Waals surface area contributed by atoms with E-state index < -0.39 is 0 Å². The zero-order chi connectivity index (χ0) is 12.3. The topological polar surface area (TPSA) is 46.1 Å². The quantitative estimate of drug-likeness (QED) is 0.746. The van der Waals surface area contributed by atoms with Crippen molar-refractivity contribution in [2.75, 3.05) is 13.1 Å². The van der Waals surface area contributed by atoms with Gasteiger partial charge in [0.05, 0.1) is 17.0 Å². The summed E-state index contributed by atoms with van der Waals surface area (Å²) in [5, 5.41) is 0. The van der Waals surface area contributed by atoms with Crippen LogP contribution in [-0.2, 0) is 0 Å². The highest BCUT2D eigenvalue weighted by atomic mass is 16.2. The van der Waals surface area contributed by atoms with Crippen molar-refractivity contribution >= 4 is 5.91 Å². The summed E-state index contributed by atoms with van der Waals surface area (Å²) in [7, 11) is 0. The Morgan fingerprint density at radius 1 is 1.06 bits per heavy atom. The molecule has 0 atom stereocenters. The van der Waals surface area contributed by atoms with Crippen LogP contribution in [0.15, 0.2) is 6.33 Å². The minimum atomic E-state index is 0.0995. The van der Waals surface area contributed by atoms with Gasteiger partial charge in [-0.15, -0.1) is 0 Å². The van der Waals surface area contributed by atoms with Gasteiger partial charge in [-0.25, -0.2) is 9.97 Å². The number of nitrogens with zero attached hydrogens (tertiary/aromatic N) is 3. The van der Waals surface area contributed by atoms with Gasteiger partial charge in [0, 0.05) is 13.1 Å². The summed E-state index contributed by atoms with van der Waals surface area (Å²) < 4.78 is 0. The van der Waals surface area contributed by atoms with Crippen LogP contribution in [0.4, 0.5) is 0 Å². The number of hydrogen-bond acceptors (Lipinski definition) is 3. The van der Waals surface area contributed by atoms with Crippen molar-refractivity contribution in [2.24, 2.45) is 0 Å².